The summed E-state index contributed by atoms with van der Waals surface area (Å²) in [5, 5.41) is 20.3. The van der Waals surface area contributed by atoms with Crippen molar-refractivity contribution in [2.75, 3.05) is 0 Å². The van der Waals surface area contributed by atoms with Crippen LogP contribution in [-0.4, -0.2) is 28.4 Å². The summed E-state index contributed by atoms with van der Waals surface area (Å²) in [6.07, 6.45) is 10.3. The summed E-state index contributed by atoms with van der Waals surface area (Å²) in [6.45, 7) is 13.1. The number of aliphatic hydroxyl groups is 1. The molecule has 0 aromatic carbocycles. The molecule has 8 unspecified atom stereocenters. The maximum absolute atomic E-state index is 12.1. The lowest BCUT2D eigenvalue weighted by Crippen LogP contribution is -2.54. The van der Waals surface area contributed by atoms with Gasteiger partial charge in [0.25, 0.3) is 0 Å². The van der Waals surface area contributed by atoms with E-state index in [1.165, 1.54) is 25.7 Å². The summed E-state index contributed by atoms with van der Waals surface area (Å²) in [6, 6.07) is 0. The average Bonchev–Trinajstić information content (AvgIpc) is 3.07. The lowest BCUT2D eigenvalue weighted by molar-refractivity contribution is -0.270. The second kappa shape index (κ2) is 8.43. The summed E-state index contributed by atoms with van der Waals surface area (Å²) in [5.74, 6) is 3.27. The van der Waals surface area contributed by atoms with Gasteiger partial charge in [0.15, 0.2) is 5.78 Å². The SMILES string of the molecule is C=C(C)C(CC[C@@H](C)C1CCC2C3CC(O)C4=CC(=O)CCC4(C)C3CCC21C)OO. The standard InChI is InChI=1S/C27H42O4/c1-16(2)25(31-30)9-6-17(3)20-7-8-21-19-15-24(29)23-14-18(28)10-12-27(23,5)22(19)11-13-26(20,21)4/h14,17,19-22,24-25,29-30H,1,6-13,15H2,2-5H3/t17-,19?,20?,21?,22?,24?,25?,26?,27?/m1/s1. The number of rotatable bonds is 6. The molecule has 3 saturated carbocycles. The van der Waals surface area contributed by atoms with E-state index in [0.29, 0.717) is 41.4 Å². The van der Waals surface area contributed by atoms with Gasteiger partial charge < -0.3 is 5.11 Å². The summed E-state index contributed by atoms with van der Waals surface area (Å²) in [5.41, 5.74) is 2.23. The molecule has 0 amide bonds. The van der Waals surface area contributed by atoms with Crippen LogP contribution in [0, 0.1) is 40.4 Å². The summed E-state index contributed by atoms with van der Waals surface area (Å²) in [7, 11) is 0. The molecule has 174 valence electrons. The van der Waals surface area contributed by atoms with Crippen LogP contribution < -0.4 is 0 Å². The summed E-state index contributed by atoms with van der Waals surface area (Å²) < 4.78 is 0. The lowest BCUT2D eigenvalue weighted by Gasteiger charge is -2.59. The quantitative estimate of drug-likeness (QED) is 0.310. The van der Waals surface area contributed by atoms with Crippen molar-refractivity contribution in [1.82, 2.24) is 0 Å². The van der Waals surface area contributed by atoms with Gasteiger partial charge in [0, 0.05) is 6.42 Å². The fraction of sp³-hybridized carbons (Fsp3) is 0.815. The highest BCUT2D eigenvalue weighted by Gasteiger charge is 2.60. The van der Waals surface area contributed by atoms with Gasteiger partial charge in [-0.05, 0) is 116 Å². The Bertz CT molecular complexity index is 756. The first-order chi connectivity index (χ1) is 14.6. The van der Waals surface area contributed by atoms with Crippen LogP contribution in [0.4, 0.5) is 0 Å². The maximum atomic E-state index is 12.1. The Labute approximate surface area is 188 Å². The molecule has 0 bridgehead atoms. The van der Waals surface area contributed by atoms with Crippen molar-refractivity contribution in [3.8, 4) is 0 Å². The van der Waals surface area contributed by atoms with Crippen LogP contribution in [0.15, 0.2) is 23.8 Å². The maximum Gasteiger partial charge on any atom is 0.155 e. The topological polar surface area (TPSA) is 66.8 Å². The molecule has 0 spiro atoms. The molecule has 0 saturated heterocycles. The van der Waals surface area contributed by atoms with Crippen LogP contribution in [-0.2, 0) is 9.68 Å². The first kappa shape index (κ1) is 23.2. The van der Waals surface area contributed by atoms with E-state index in [2.05, 4.69) is 32.2 Å². The Balaban J connectivity index is 1.51. The molecule has 4 rings (SSSR count). The van der Waals surface area contributed by atoms with E-state index >= 15 is 0 Å². The van der Waals surface area contributed by atoms with E-state index in [9.17, 15) is 15.2 Å². The van der Waals surface area contributed by atoms with Crippen molar-refractivity contribution in [3.63, 3.8) is 0 Å². The Hall–Kier alpha value is -0.970. The van der Waals surface area contributed by atoms with Gasteiger partial charge in [0.05, 0.1) is 6.10 Å². The van der Waals surface area contributed by atoms with Crippen LogP contribution in [0.5, 0.6) is 0 Å². The third-order valence-corrected chi connectivity index (χ3v) is 10.3. The minimum atomic E-state index is -0.452. The molecular weight excluding hydrogens is 388 g/mol. The van der Waals surface area contributed by atoms with Gasteiger partial charge in [0.1, 0.15) is 6.10 Å². The van der Waals surface area contributed by atoms with Crippen molar-refractivity contribution in [2.45, 2.75) is 97.7 Å². The third-order valence-electron chi connectivity index (χ3n) is 10.3. The predicted octanol–water partition coefficient (Wildman–Crippen LogP) is 5.96. The normalized spacial score (nSPS) is 44.0. The van der Waals surface area contributed by atoms with Gasteiger partial charge in [0.2, 0.25) is 0 Å². The lowest BCUT2D eigenvalue weighted by atomic mass is 9.46. The second-order valence-corrected chi connectivity index (χ2v) is 11.8. The number of hydrogen-bond acceptors (Lipinski definition) is 4. The van der Waals surface area contributed by atoms with E-state index in [4.69, 9.17) is 0 Å². The molecule has 0 heterocycles. The molecular formula is C27H42O4. The summed E-state index contributed by atoms with van der Waals surface area (Å²) >= 11 is 0. The van der Waals surface area contributed by atoms with Gasteiger partial charge in [-0.15, -0.1) is 0 Å². The molecule has 4 aliphatic carbocycles. The number of ketones is 1. The first-order valence-electron chi connectivity index (χ1n) is 12.5. The highest BCUT2D eigenvalue weighted by molar-refractivity contribution is 5.91. The molecule has 0 aromatic rings. The van der Waals surface area contributed by atoms with Gasteiger partial charge >= 0.3 is 0 Å². The third kappa shape index (κ3) is 3.77. The molecule has 31 heavy (non-hydrogen) atoms. The average molecular weight is 431 g/mol. The van der Waals surface area contributed by atoms with E-state index in [1.807, 2.05) is 6.92 Å². The van der Waals surface area contributed by atoms with E-state index in [0.717, 1.165) is 36.8 Å². The van der Waals surface area contributed by atoms with E-state index in [-0.39, 0.29) is 17.3 Å². The highest BCUT2D eigenvalue weighted by atomic mass is 17.1. The van der Waals surface area contributed by atoms with Gasteiger partial charge in [-0.2, -0.15) is 0 Å². The largest absolute Gasteiger partial charge is 0.389 e. The fourth-order valence-corrected chi connectivity index (χ4v) is 8.59. The van der Waals surface area contributed by atoms with E-state index in [1.54, 1.807) is 6.08 Å². The molecule has 0 radical (unpaired) electrons. The Morgan fingerprint density at radius 2 is 1.97 bits per heavy atom. The van der Waals surface area contributed by atoms with Crippen LogP contribution >= 0.6 is 0 Å². The fourth-order valence-electron chi connectivity index (χ4n) is 8.59. The predicted molar refractivity (Wildman–Crippen MR) is 122 cm³/mol. The smallest absolute Gasteiger partial charge is 0.155 e. The molecule has 9 atom stereocenters. The molecule has 0 aromatic heterocycles. The van der Waals surface area contributed by atoms with Gasteiger partial charge in [-0.3, -0.25) is 10.1 Å². The second-order valence-electron chi connectivity index (χ2n) is 11.8. The van der Waals surface area contributed by atoms with Crippen LogP contribution in [0.1, 0.15) is 85.5 Å². The van der Waals surface area contributed by atoms with Crippen molar-refractivity contribution in [1.29, 1.82) is 0 Å². The number of hydrogen-bond donors (Lipinski definition) is 2. The molecule has 2 N–H and O–H groups in total. The zero-order valence-corrected chi connectivity index (χ0v) is 19.9. The molecule has 4 heteroatoms. The zero-order chi connectivity index (χ0) is 22.6. The van der Waals surface area contributed by atoms with Crippen LogP contribution in [0.2, 0.25) is 0 Å². The van der Waals surface area contributed by atoms with Crippen LogP contribution in [0.3, 0.4) is 0 Å². The number of carbonyl (C=O) groups excluding carboxylic acids is 1. The minimum absolute atomic E-state index is 0.00551. The van der Waals surface area contributed by atoms with Crippen molar-refractivity contribution in [2.24, 2.45) is 40.4 Å². The highest BCUT2D eigenvalue weighted by Crippen LogP contribution is 2.67. The monoisotopic (exact) mass is 430 g/mol. The zero-order valence-electron chi connectivity index (χ0n) is 19.9. The van der Waals surface area contributed by atoms with E-state index < -0.39 is 6.10 Å². The van der Waals surface area contributed by atoms with Crippen molar-refractivity contribution < 1.29 is 20.0 Å². The minimum Gasteiger partial charge on any atom is -0.389 e. The Kier molecular flexibility index (Phi) is 6.30. The molecule has 4 nitrogen and oxygen atoms in total. The van der Waals surface area contributed by atoms with Crippen molar-refractivity contribution in [3.05, 3.63) is 23.8 Å². The summed E-state index contributed by atoms with van der Waals surface area (Å²) in [4.78, 5) is 16.7. The molecule has 4 aliphatic rings. The number of aliphatic hydroxyl groups excluding tert-OH is 1. The molecule has 0 aliphatic heterocycles. The Morgan fingerprint density at radius 1 is 1.23 bits per heavy atom. The number of carbonyl (C=O) groups is 1. The van der Waals surface area contributed by atoms with Crippen molar-refractivity contribution >= 4 is 5.78 Å². The first-order valence-corrected chi connectivity index (χ1v) is 12.5. The molecule has 3 fully saturated rings. The van der Waals surface area contributed by atoms with Gasteiger partial charge in [-0.1, -0.05) is 27.4 Å². The van der Waals surface area contributed by atoms with Gasteiger partial charge in [-0.25, -0.2) is 4.89 Å². The number of fused-ring (bicyclic) bond motifs is 5. The van der Waals surface area contributed by atoms with Crippen LogP contribution in [0.25, 0.3) is 0 Å². The Morgan fingerprint density at radius 3 is 2.65 bits per heavy atom.